The molecule has 4 aliphatic rings. The first-order valence-corrected chi connectivity index (χ1v) is 19.1. The molecule has 0 aliphatic carbocycles. The summed E-state index contributed by atoms with van der Waals surface area (Å²) >= 11 is -14.8. The van der Waals surface area contributed by atoms with E-state index in [1.54, 1.807) is 0 Å². The summed E-state index contributed by atoms with van der Waals surface area (Å²) in [5.74, 6) is -3.93. The van der Waals surface area contributed by atoms with E-state index in [2.05, 4.69) is 0 Å². The van der Waals surface area contributed by atoms with E-state index in [-0.39, 0.29) is 138 Å². The monoisotopic (exact) mass is 906 g/mol. The van der Waals surface area contributed by atoms with Gasteiger partial charge in [0.15, 0.2) is 0 Å². The summed E-state index contributed by atoms with van der Waals surface area (Å²) in [6.07, 6.45) is -15.1. The van der Waals surface area contributed by atoms with Crippen LogP contribution in [0.15, 0.2) is 0 Å². The van der Waals surface area contributed by atoms with Crippen LogP contribution in [0.2, 0.25) is 0 Å². The first-order chi connectivity index (χ1) is 14.2. The van der Waals surface area contributed by atoms with E-state index < -0.39 is 113 Å². The quantitative estimate of drug-likeness (QED) is 0.141. The first kappa shape index (κ1) is 67.8. The molecule has 0 saturated carbocycles. The van der Waals surface area contributed by atoms with Crippen LogP contribution in [-0.4, -0.2) is 186 Å². The van der Waals surface area contributed by atoms with E-state index in [0.29, 0.717) is 0 Å². The summed E-state index contributed by atoms with van der Waals surface area (Å²) in [6.45, 7) is -1.98. The Kier molecular flexibility index (Phi) is 35.3. The second kappa shape index (κ2) is 22.4. The fourth-order valence-corrected chi connectivity index (χ4v) is 30.1. The molecule has 4 saturated heterocycles. The van der Waals surface area contributed by atoms with Crippen molar-refractivity contribution in [1.82, 2.24) is 0 Å². The van der Waals surface area contributed by atoms with Crippen LogP contribution < -0.4 is 102 Å². The van der Waals surface area contributed by atoms with E-state index >= 15 is 0 Å². The minimum atomic E-state index is -7.48. The maximum absolute atomic E-state index is 13.6. The molecular formula is C12H35Na3O26Sb2. The van der Waals surface area contributed by atoms with Gasteiger partial charge in [-0.25, -0.2) is 0 Å². The van der Waals surface area contributed by atoms with Gasteiger partial charge in [0, 0.05) is 0 Å². The number of aliphatic hydroxyl groups excluding tert-OH is 4. The Hall–Kier alpha value is 2.70. The van der Waals surface area contributed by atoms with Gasteiger partial charge in [0.05, 0.1) is 0 Å². The molecule has 0 amide bonds. The molecule has 4 heterocycles. The summed E-state index contributed by atoms with van der Waals surface area (Å²) in [5, 5.41) is 60.7. The molecule has 43 heavy (non-hydrogen) atoms. The molecular weight excluding hydrogens is 873 g/mol. The van der Waals surface area contributed by atoms with E-state index in [1.165, 1.54) is 0 Å². The Morgan fingerprint density at radius 1 is 0.651 bits per heavy atom. The number of carboxylic acid groups (broad SMARTS) is 2. The predicted octanol–water partition coefficient (Wildman–Crippen LogP) is -25.7. The van der Waals surface area contributed by atoms with Gasteiger partial charge >= 0.3 is 268 Å². The van der Waals surface area contributed by atoms with Gasteiger partial charge in [-0.2, -0.15) is 0 Å². The molecule has 26 nitrogen and oxygen atoms in total. The van der Waals surface area contributed by atoms with Crippen LogP contribution in [0.1, 0.15) is 0 Å². The number of carboxylic acids is 2. The van der Waals surface area contributed by atoms with Crippen molar-refractivity contribution in [2.45, 2.75) is 48.8 Å². The maximum atomic E-state index is 13.6. The Balaban J connectivity index is -0.000000138. The van der Waals surface area contributed by atoms with Gasteiger partial charge in [-0.1, -0.05) is 0 Å². The van der Waals surface area contributed by atoms with Gasteiger partial charge in [-0.05, 0) is 0 Å². The molecule has 0 aromatic carbocycles. The molecule has 0 aromatic heterocycles. The van der Waals surface area contributed by atoms with Crippen LogP contribution in [-0.2, 0) is 29.0 Å². The maximum Gasteiger partial charge on any atom is 1.00 e. The Morgan fingerprint density at radius 3 is 1.37 bits per heavy atom. The Bertz CT molecular complexity index is 772. The normalized spacial score (nSPS) is 32.5. The molecule has 0 aromatic rings. The topological polar surface area (TPSA) is 553 Å². The zero-order valence-corrected chi connectivity index (χ0v) is 33.7. The van der Waals surface area contributed by atoms with Gasteiger partial charge in [-0.15, -0.1) is 0 Å². The van der Waals surface area contributed by atoms with E-state index in [0.717, 1.165) is 0 Å². The van der Waals surface area contributed by atoms with Crippen molar-refractivity contribution < 1.29 is 204 Å². The fraction of sp³-hybridized carbons (Fsp3) is 0.833. The number of hydrogen-bond acceptors (Lipinski definition) is 17. The molecule has 4 rings (SSSR count). The predicted molar refractivity (Wildman–Crippen MR) is 113 cm³/mol. The third-order valence-electron chi connectivity index (χ3n) is 4.87. The van der Waals surface area contributed by atoms with Gasteiger partial charge < -0.3 is 49.3 Å². The van der Waals surface area contributed by atoms with Crippen molar-refractivity contribution in [3.63, 3.8) is 0 Å². The second-order valence-electron chi connectivity index (χ2n) is 7.07. The number of rotatable bonds is 8. The third kappa shape index (κ3) is 11.9. The van der Waals surface area contributed by atoms with Crippen LogP contribution in [0.5, 0.6) is 0 Å². The minimum Gasteiger partial charge on any atom is 1.00 e. The zero-order chi connectivity index (χ0) is 23.0. The summed E-state index contributed by atoms with van der Waals surface area (Å²) in [5.41, 5.74) is 0. The number of carbonyl (C=O) groups is 2. The molecule has 0 spiro atoms. The smallest absolute Gasteiger partial charge is 1.00 e. The van der Waals surface area contributed by atoms with Crippen molar-refractivity contribution in [2.75, 3.05) is 13.2 Å². The number of aliphatic hydroxyl groups is 4. The number of hydrogen-bond donors (Lipinski definition) is 5. The summed E-state index contributed by atoms with van der Waals surface area (Å²) in [6, 6.07) is 0. The fourth-order valence-electron chi connectivity index (χ4n) is 3.62. The minimum absolute atomic E-state index is 0. The standard InChI is InChI=1S/2C6H9O7.3Na.10H2O.2O.2Sb/c2*7-1-2(8)3(9)4(10)5(11)6(12)13;;;;;;;;;;;;;;;;;/h2*2-5,7-8H,1H2,(H,12,13);;;;10*1H2;;;;/q2*-3;3*+1;;;;;;;;;;;;-1;+3;+4/p-3. The van der Waals surface area contributed by atoms with Gasteiger partial charge in [-0.3, -0.25) is 0 Å². The Labute approximate surface area is 313 Å². The Morgan fingerprint density at radius 2 is 1.00 bits per heavy atom. The molecule has 8 atom stereocenters. The molecule has 23 N–H and O–H groups in total. The van der Waals surface area contributed by atoms with Gasteiger partial charge in [0.1, 0.15) is 0 Å². The molecule has 4 bridgehead atoms. The van der Waals surface area contributed by atoms with E-state index in [1.807, 2.05) is 0 Å². The number of aliphatic carboxylic acids is 2. The molecule has 0 radical (unpaired) electrons. The molecule has 8 unspecified atom stereocenters. The van der Waals surface area contributed by atoms with Crippen molar-refractivity contribution >= 4 is 50.9 Å². The van der Waals surface area contributed by atoms with E-state index in [9.17, 15) is 36.8 Å². The number of fused-ring (bicyclic) bond motifs is 4. The molecule has 252 valence electrons. The van der Waals surface area contributed by atoms with Crippen molar-refractivity contribution in [2.24, 2.45) is 0 Å². The SMILES string of the molecule is O.O.O.O.O.O.O.O.O.O=C([O-])C1[O][Sb]2([O-])([O][Sb]34([OH])[O]C(C(=O)[O-])C([O]3)C(C(O)CO)[O]4)[O]C(C(O)CO)C1[O]2.[Na+].[Na+].[Na+]. The van der Waals surface area contributed by atoms with Crippen molar-refractivity contribution in [3.05, 3.63) is 0 Å². The van der Waals surface area contributed by atoms with Crippen LogP contribution in [0, 0.1) is 0 Å². The van der Waals surface area contributed by atoms with Crippen LogP contribution in [0.3, 0.4) is 0 Å². The van der Waals surface area contributed by atoms with Crippen LogP contribution in [0.25, 0.3) is 0 Å². The molecule has 31 heteroatoms. The van der Waals surface area contributed by atoms with Crippen molar-refractivity contribution in [1.29, 1.82) is 0 Å². The summed E-state index contributed by atoms with van der Waals surface area (Å²) < 4.78 is 59.6. The zero-order valence-electron chi connectivity index (χ0n) is 22.6. The van der Waals surface area contributed by atoms with Crippen LogP contribution in [0.4, 0.5) is 0 Å². The first-order valence-electron chi connectivity index (χ1n) is 8.62. The summed E-state index contributed by atoms with van der Waals surface area (Å²) in [7, 11) is 0. The molecule has 4 aliphatic heterocycles. The molecule has 4 fully saturated rings. The number of carbonyl (C=O) groups excluding carboxylic acids is 2. The van der Waals surface area contributed by atoms with E-state index in [4.69, 9.17) is 29.6 Å². The third-order valence-corrected chi connectivity index (χ3v) is 26.8. The van der Waals surface area contributed by atoms with Gasteiger partial charge in [0.2, 0.25) is 0 Å². The van der Waals surface area contributed by atoms with Gasteiger partial charge in [0.25, 0.3) is 0 Å². The average Bonchev–Trinajstić information content (AvgIpc) is 3.36. The largest absolute Gasteiger partial charge is 1.00 e. The summed E-state index contributed by atoms with van der Waals surface area (Å²) in [4.78, 5) is 22.7. The van der Waals surface area contributed by atoms with Crippen LogP contribution >= 0.6 is 0 Å². The second-order valence-corrected chi connectivity index (χ2v) is 22.9. The van der Waals surface area contributed by atoms with Crippen molar-refractivity contribution in [3.8, 4) is 0 Å². The average molecular weight is 908 g/mol.